The molecule has 27 heavy (non-hydrogen) atoms. The van der Waals surface area contributed by atoms with E-state index in [2.05, 4.69) is 22.8 Å². The Kier molecular flexibility index (Phi) is 5.45. The molecule has 0 aromatic heterocycles. The normalized spacial score (nSPS) is 22.8. The summed E-state index contributed by atoms with van der Waals surface area (Å²) in [4.78, 5) is 0.985. The van der Waals surface area contributed by atoms with Gasteiger partial charge in [0.05, 0.1) is 5.69 Å². The number of para-hydroxylation sites is 1. The van der Waals surface area contributed by atoms with Crippen molar-refractivity contribution < 1.29 is 8.78 Å². The maximum absolute atomic E-state index is 13.4. The Morgan fingerprint density at radius 2 is 1.85 bits per heavy atom. The summed E-state index contributed by atoms with van der Waals surface area (Å²) in [6, 6.07) is 11.8. The van der Waals surface area contributed by atoms with Crippen molar-refractivity contribution in [3.05, 3.63) is 71.8 Å². The van der Waals surface area contributed by atoms with E-state index >= 15 is 0 Å². The highest BCUT2D eigenvalue weighted by Crippen LogP contribution is 2.39. The van der Waals surface area contributed by atoms with Gasteiger partial charge in [0.1, 0.15) is 11.6 Å². The van der Waals surface area contributed by atoms with Crippen LogP contribution in [-0.2, 0) is 5.75 Å². The van der Waals surface area contributed by atoms with Crippen LogP contribution in [0.3, 0.4) is 0 Å². The maximum Gasteiger partial charge on any atom is 0.171 e. The van der Waals surface area contributed by atoms with Crippen LogP contribution in [0, 0.1) is 23.5 Å². The Morgan fingerprint density at radius 1 is 1.07 bits per heavy atom. The standard InChI is InChI=1S/C21H20F2N2S2/c22-16-8-14(9-17(23)11-16)12-27-20-4-2-1-3-18(20)24-21(26)25-19-10-13-5-6-15(19)7-13/h1-6,8-9,11,13,15,19H,7,10,12H2,(H2,24,25,26)/t13-,15-,19+/m1/s1. The molecule has 2 aromatic carbocycles. The predicted octanol–water partition coefficient (Wildman–Crippen LogP) is 5.51. The second-order valence-corrected chi connectivity index (χ2v) is 8.47. The first-order valence-electron chi connectivity index (χ1n) is 8.99. The average molecular weight is 403 g/mol. The molecule has 2 aliphatic carbocycles. The third-order valence-corrected chi connectivity index (χ3v) is 6.41. The van der Waals surface area contributed by atoms with E-state index in [1.807, 2.05) is 24.3 Å². The molecule has 0 radical (unpaired) electrons. The summed E-state index contributed by atoms with van der Waals surface area (Å²) in [5.41, 5.74) is 1.51. The zero-order valence-corrected chi connectivity index (χ0v) is 16.3. The molecule has 2 aromatic rings. The molecule has 0 heterocycles. The van der Waals surface area contributed by atoms with E-state index in [9.17, 15) is 8.78 Å². The Morgan fingerprint density at radius 3 is 2.56 bits per heavy atom. The Hall–Kier alpha value is -1.92. The van der Waals surface area contributed by atoms with Gasteiger partial charge in [-0.2, -0.15) is 0 Å². The quantitative estimate of drug-likeness (QED) is 0.391. The van der Waals surface area contributed by atoms with Gasteiger partial charge in [-0.3, -0.25) is 0 Å². The predicted molar refractivity (Wildman–Crippen MR) is 111 cm³/mol. The van der Waals surface area contributed by atoms with Crippen LogP contribution in [0.2, 0.25) is 0 Å². The number of thioether (sulfide) groups is 1. The smallest absolute Gasteiger partial charge is 0.171 e. The van der Waals surface area contributed by atoms with Gasteiger partial charge < -0.3 is 10.6 Å². The number of hydrogen-bond acceptors (Lipinski definition) is 2. The van der Waals surface area contributed by atoms with Gasteiger partial charge in [0.25, 0.3) is 0 Å². The molecule has 140 valence electrons. The Balaban J connectivity index is 1.38. The van der Waals surface area contributed by atoms with Crippen LogP contribution in [-0.4, -0.2) is 11.2 Å². The van der Waals surface area contributed by atoms with E-state index in [0.29, 0.717) is 34.3 Å². The van der Waals surface area contributed by atoms with Crippen molar-refractivity contribution >= 4 is 34.8 Å². The molecule has 2 aliphatic rings. The molecule has 0 aliphatic heterocycles. The SMILES string of the molecule is Fc1cc(F)cc(CSc2ccccc2NC(=S)N[C@H]2C[C@@H]3C=C[C@@H]2C3)c1. The van der Waals surface area contributed by atoms with Gasteiger partial charge in [0, 0.05) is 22.8 Å². The number of nitrogens with one attached hydrogen (secondary N) is 2. The molecule has 2 N–H and O–H groups in total. The van der Waals surface area contributed by atoms with Crippen molar-refractivity contribution in [3.8, 4) is 0 Å². The van der Waals surface area contributed by atoms with Gasteiger partial charge in [-0.15, -0.1) is 11.8 Å². The minimum Gasteiger partial charge on any atom is -0.359 e. The summed E-state index contributed by atoms with van der Waals surface area (Å²) >= 11 is 7.03. The van der Waals surface area contributed by atoms with E-state index in [4.69, 9.17) is 12.2 Å². The van der Waals surface area contributed by atoms with Crippen molar-refractivity contribution in [2.24, 2.45) is 11.8 Å². The number of benzene rings is 2. The highest BCUT2D eigenvalue weighted by molar-refractivity contribution is 7.98. The topological polar surface area (TPSA) is 24.1 Å². The van der Waals surface area contributed by atoms with Crippen molar-refractivity contribution in [2.75, 3.05) is 5.32 Å². The van der Waals surface area contributed by atoms with Gasteiger partial charge in [0.2, 0.25) is 0 Å². The van der Waals surface area contributed by atoms with E-state index in [1.165, 1.54) is 30.3 Å². The van der Waals surface area contributed by atoms with Crippen LogP contribution in [0.1, 0.15) is 18.4 Å². The van der Waals surface area contributed by atoms with E-state index in [1.54, 1.807) is 0 Å². The third-order valence-electron chi connectivity index (χ3n) is 5.05. The molecule has 3 atom stereocenters. The van der Waals surface area contributed by atoms with Crippen molar-refractivity contribution in [2.45, 2.75) is 29.5 Å². The maximum atomic E-state index is 13.4. The number of hydrogen-bond donors (Lipinski definition) is 2. The molecule has 4 rings (SSSR count). The van der Waals surface area contributed by atoms with Gasteiger partial charge in [-0.25, -0.2) is 8.78 Å². The molecule has 0 spiro atoms. The van der Waals surface area contributed by atoms with Crippen LogP contribution in [0.15, 0.2) is 59.5 Å². The summed E-state index contributed by atoms with van der Waals surface area (Å²) in [6.07, 6.45) is 6.94. The minimum absolute atomic E-state index is 0.398. The third kappa shape index (κ3) is 4.50. The lowest BCUT2D eigenvalue weighted by molar-refractivity contribution is 0.526. The zero-order valence-electron chi connectivity index (χ0n) is 14.6. The summed E-state index contributed by atoms with van der Waals surface area (Å²) < 4.78 is 26.7. The van der Waals surface area contributed by atoms with Gasteiger partial charge >= 0.3 is 0 Å². The first kappa shape index (κ1) is 18.4. The molecular formula is C21H20F2N2S2. The lowest BCUT2D eigenvalue weighted by atomic mass is 10.0. The largest absolute Gasteiger partial charge is 0.359 e. The number of halogens is 2. The zero-order chi connectivity index (χ0) is 18.8. The molecule has 0 saturated heterocycles. The van der Waals surface area contributed by atoms with E-state index in [-0.39, 0.29) is 0 Å². The number of fused-ring (bicyclic) bond motifs is 2. The van der Waals surface area contributed by atoms with Crippen LogP contribution in [0.25, 0.3) is 0 Å². The fraction of sp³-hybridized carbons (Fsp3) is 0.286. The molecular weight excluding hydrogens is 382 g/mol. The fourth-order valence-corrected chi connectivity index (χ4v) is 5.02. The van der Waals surface area contributed by atoms with Gasteiger partial charge in [-0.05, 0) is 66.7 Å². The highest BCUT2D eigenvalue weighted by atomic mass is 32.2. The molecule has 2 nitrogen and oxygen atoms in total. The first-order valence-corrected chi connectivity index (χ1v) is 10.4. The second-order valence-electron chi connectivity index (χ2n) is 7.05. The molecule has 1 saturated carbocycles. The summed E-state index contributed by atoms with van der Waals surface area (Å²) in [5, 5.41) is 7.34. The molecule has 6 heteroatoms. The van der Waals surface area contributed by atoms with E-state index in [0.717, 1.165) is 23.1 Å². The second kappa shape index (κ2) is 7.98. The Bertz CT molecular complexity index is 864. The summed E-state index contributed by atoms with van der Waals surface area (Å²) in [5.74, 6) is 0.627. The fourth-order valence-electron chi connectivity index (χ4n) is 3.82. The number of thiocarbonyl (C=S) groups is 1. The molecule has 2 bridgehead atoms. The van der Waals surface area contributed by atoms with Crippen molar-refractivity contribution in [3.63, 3.8) is 0 Å². The lowest BCUT2D eigenvalue weighted by Gasteiger charge is -2.22. The summed E-state index contributed by atoms with van der Waals surface area (Å²) in [7, 11) is 0. The van der Waals surface area contributed by atoms with Crippen LogP contribution < -0.4 is 10.6 Å². The molecule has 0 unspecified atom stereocenters. The van der Waals surface area contributed by atoms with Crippen LogP contribution in [0.5, 0.6) is 0 Å². The van der Waals surface area contributed by atoms with Crippen LogP contribution in [0.4, 0.5) is 14.5 Å². The van der Waals surface area contributed by atoms with Gasteiger partial charge in [0.15, 0.2) is 5.11 Å². The first-order chi connectivity index (χ1) is 13.1. The highest BCUT2D eigenvalue weighted by Gasteiger charge is 2.35. The number of allylic oxidation sites excluding steroid dienone is 1. The average Bonchev–Trinajstić information content (AvgIpc) is 3.23. The monoisotopic (exact) mass is 402 g/mol. The molecule has 0 amide bonds. The lowest BCUT2D eigenvalue weighted by Crippen LogP contribution is -2.40. The minimum atomic E-state index is -0.553. The summed E-state index contributed by atoms with van der Waals surface area (Å²) in [6.45, 7) is 0. The van der Waals surface area contributed by atoms with Gasteiger partial charge in [-0.1, -0.05) is 24.3 Å². The molecule has 1 fully saturated rings. The van der Waals surface area contributed by atoms with Crippen molar-refractivity contribution in [1.82, 2.24) is 5.32 Å². The Labute approximate surface area is 167 Å². The number of anilines is 1. The number of rotatable bonds is 5. The van der Waals surface area contributed by atoms with Crippen molar-refractivity contribution in [1.29, 1.82) is 0 Å². The van der Waals surface area contributed by atoms with Crippen LogP contribution >= 0.6 is 24.0 Å². The van der Waals surface area contributed by atoms with E-state index < -0.39 is 11.6 Å².